The van der Waals surface area contributed by atoms with Crippen LogP contribution < -0.4 is 4.74 Å². The average molecular weight is 514 g/mol. The Balaban J connectivity index is 1.26. The third-order valence-electron chi connectivity index (χ3n) is 5.61. The Hall–Kier alpha value is -1.33. The van der Waals surface area contributed by atoms with Crippen LogP contribution in [0.25, 0.3) is 10.9 Å². The maximum absolute atomic E-state index is 10.1. The summed E-state index contributed by atoms with van der Waals surface area (Å²) in [5.41, 5.74) is 0.904. The van der Waals surface area contributed by atoms with Crippen LogP contribution in [-0.2, 0) is 9.47 Å². The highest BCUT2D eigenvalue weighted by molar-refractivity contribution is 9.10. The number of unbranched alkanes of at least 4 members (excludes halogenated alkanes) is 5. The molecule has 8 nitrogen and oxygen atoms in total. The summed E-state index contributed by atoms with van der Waals surface area (Å²) in [6.07, 6.45) is 1.74. The number of fused-ring (bicyclic) bond motifs is 1. The molecule has 4 N–H and O–H groups in total. The molecule has 1 aromatic heterocycles. The van der Waals surface area contributed by atoms with E-state index in [9.17, 15) is 20.4 Å². The Labute approximate surface area is 196 Å². The third kappa shape index (κ3) is 6.84. The van der Waals surface area contributed by atoms with E-state index in [0.29, 0.717) is 13.2 Å². The Bertz CT molecular complexity index is 839. The van der Waals surface area contributed by atoms with Crippen molar-refractivity contribution in [3.8, 4) is 5.75 Å². The van der Waals surface area contributed by atoms with E-state index in [1.807, 2.05) is 24.3 Å². The Morgan fingerprint density at radius 2 is 1.66 bits per heavy atom. The summed E-state index contributed by atoms with van der Waals surface area (Å²) in [7, 11) is 0. The van der Waals surface area contributed by atoms with Crippen molar-refractivity contribution in [3.63, 3.8) is 0 Å². The molecular weight excluding hydrogens is 482 g/mol. The highest BCUT2D eigenvalue weighted by Crippen LogP contribution is 2.27. The SMILES string of the molecule is OC[C@H]1OC(O)[C@H](O)[C@@H](OCCCCCCCCOc2ccnc3cc(Br)ccc23)[C@@H]1O. The topological polar surface area (TPSA) is 122 Å². The Morgan fingerprint density at radius 1 is 0.938 bits per heavy atom. The van der Waals surface area contributed by atoms with Crippen LogP contribution in [-0.4, -0.2) is 75.9 Å². The normalized spacial score (nSPS) is 25.8. The monoisotopic (exact) mass is 513 g/mol. The van der Waals surface area contributed by atoms with E-state index in [4.69, 9.17) is 14.2 Å². The molecule has 1 aromatic carbocycles. The van der Waals surface area contributed by atoms with Gasteiger partial charge in [0.05, 0.1) is 18.7 Å². The molecule has 1 aliphatic rings. The minimum absolute atomic E-state index is 0.359. The molecule has 0 saturated carbocycles. The lowest BCUT2D eigenvalue weighted by molar-refractivity contribution is -0.294. The summed E-state index contributed by atoms with van der Waals surface area (Å²) in [5, 5.41) is 39.9. The molecule has 1 saturated heterocycles. The molecule has 5 atom stereocenters. The van der Waals surface area contributed by atoms with Gasteiger partial charge in [-0.25, -0.2) is 0 Å². The molecule has 0 spiro atoms. The van der Waals surface area contributed by atoms with Crippen LogP contribution in [0.5, 0.6) is 5.75 Å². The molecule has 0 aliphatic carbocycles. The zero-order valence-corrected chi connectivity index (χ0v) is 19.6. The molecule has 1 unspecified atom stereocenters. The fourth-order valence-electron chi connectivity index (χ4n) is 3.80. The average Bonchev–Trinajstić information content (AvgIpc) is 2.79. The zero-order chi connectivity index (χ0) is 22.9. The molecule has 0 amide bonds. The lowest BCUT2D eigenvalue weighted by atomic mass is 9.99. The predicted molar refractivity (Wildman–Crippen MR) is 122 cm³/mol. The van der Waals surface area contributed by atoms with Gasteiger partial charge in [0, 0.05) is 22.7 Å². The van der Waals surface area contributed by atoms with Gasteiger partial charge in [0.1, 0.15) is 30.2 Å². The Kier molecular flexibility index (Phi) is 10.1. The van der Waals surface area contributed by atoms with Gasteiger partial charge in [0.2, 0.25) is 0 Å². The van der Waals surface area contributed by atoms with E-state index < -0.39 is 37.3 Å². The molecule has 0 radical (unpaired) electrons. The predicted octanol–water partition coefficient (Wildman–Crippen LogP) is 2.53. The van der Waals surface area contributed by atoms with Gasteiger partial charge >= 0.3 is 0 Å². The van der Waals surface area contributed by atoms with Gasteiger partial charge in [0.25, 0.3) is 0 Å². The van der Waals surface area contributed by atoms with E-state index >= 15 is 0 Å². The molecule has 0 bridgehead atoms. The molecule has 32 heavy (non-hydrogen) atoms. The number of pyridine rings is 1. The molecule has 1 fully saturated rings. The number of benzene rings is 1. The van der Waals surface area contributed by atoms with Gasteiger partial charge in [-0.3, -0.25) is 4.98 Å². The fourth-order valence-corrected chi connectivity index (χ4v) is 4.15. The van der Waals surface area contributed by atoms with Crippen molar-refractivity contribution in [1.29, 1.82) is 0 Å². The highest BCUT2D eigenvalue weighted by Gasteiger charge is 2.44. The number of ether oxygens (including phenoxy) is 3. The number of aliphatic hydroxyl groups is 4. The Morgan fingerprint density at radius 3 is 2.41 bits per heavy atom. The van der Waals surface area contributed by atoms with Crippen LogP contribution in [0.2, 0.25) is 0 Å². The van der Waals surface area contributed by atoms with Crippen LogP contribution in [0.4, 0.5) is 0 Å². The van der Waals surface area contributed by atoms with E-state index in [1.165, 1.54) is 0 Å². The maximum Gasteiger partial charge on any atom is 0.184 e. The first-order valence-corrected chi connectivity index (χ1v) is 11.9. The number of nitrogens with zero attached hydrogens (tertiary/aromatic N) is 1. The second-order valence-corrected chi connectivity index (χ2v) is 8.92. The molecule has 2 aromatic rings. The third-order valence-corrected chi connectivity index (χ3v) is 6.11. The van der Waals surface area contributed by atoms with E-state index in [0.717, 1.165) is 59.7 Å². The minimum Gasteiger partial charge on any atom is -0.493 e. The number of aromatic nitrogens is 1. The maximum atomic E-state index is 10.1. The summed E-state index contributed by atoms with van der Waals surface area (Å²) in [6, 6.07) is 7.86. The summed E-state index contributed by atoms with van der Waals surface area (Å²) >= 11 is 3.46. The second kappa shape index (κ2) is 12.8. The smallest absolute Gasteiger partial charge is 0.184 e. The van der Waals surface area contributed by atoms with Crippen LogP contribution in [0.15, 0.2) is 34.9 Å². The van der Waals surface area contributed by atoms with Crippen LogP contribution >= 0.6 is 15.9 Å². The molecule has 9 heteroatoms. The van der Waals surface area contributed by atoms with Gasteiger partial charge in [-0.1, -0.05) is 41.6 Å². The largest absolute Gasteiger partial charge is 0.493 e. The molecule has 3 rings (SSSR count). The van der Waals surface area contributed by atoms with Gasteiger partial charge in [0.15, 0.2) is 6.29 Å². The molecule has 178 valence electrons. The van der Waals surface area contributed by atoms with E-state index in [-0.39, 0.29) is 0 Å². The molecular formula is C23H32BrNO7. The van der Waals surface area contributed by atoms with Gasteiger partial charge in [-0.15, -0.1) is 0 Å². The van der Waals surface area contributed by atoms with E-state index in [1.54, 1.807) is 6.20 Å². The van der Waals surface area contributed by atoms with Crippen molar-refractivity contribution >= 4 is 26.8 Å². The fraction of sp³-hybridized carbons (Fsp3) is 0.609. The zero-order valence-electron chi connectivity index (χ0n) is 18.0. The van der Waals surface area contributed by atoms with Gasteiger partial charge in [-0.05, 0) is 37.1 Å². The summed E-state index contributed by atoms with van der Waals surface area (Å²) < 4.78 is 17.5. The molecule has 2 heterocycles. The van der Waals surface area contributed by atoms with Crippen molar-refractivity contribution in [2.75, 3.05) is 19.8 Å². The second-order valence-electron chi connectivity index (χ2n) is 8.00. The lowest BCUT2D eigenvalue weighted by Gasteiger charge is -2.39. The molecule has 1 aliphatic heterocycles. The number of aliphatic hydroxyl groups excluding tert-OH is 4. The first-order chi connectivity index (χ1) is 15.5. The van der Waals surface area contributed by atoms with Crippen molar-refractivity contribution in [2.45, 2.75) is 69.2 Å². The first-order valence-electron chi connectivity index (χ1n) is 11.1. The summed E-state index contributed by atoms with van der Waals surface area (Å²) in [5.74, 6) is 0.852. The van der Waals surface area contributed by atoms with Crippen molar-refractivity contribution in [1.82, 2.24) is 4.98 Å². The van der Waals surface area contributed by atoms with E-state index in [2.05, 4.69) is 20.9 Å². The van der Waals surface area contributed by atoms with Gasteiger partial charge < -0.3 is 34.6 Å². The quantitative estimate of drug-likeness (QED) is 0.319. The number of hydrogen-bond donors (Lipinski definition) is 4. The highest BCUT2D eigenvalue weighted by atomic mass is 79.9. The van der Waals surface area contributed by atoms with Crippen molar-refractivity contribution in [3.05, 3.63) is 34.9 Å². The first kappa shape index (κ1) is 25.3. The van der Waals surface area contributed by atoms with Gasteiger partial charge in [-0.2, -0.15) is 0 Å². The van der Waals surface area contributed by atoms with Crippen LogP contribution in [0.1, 0.15) is 38.5 Å². The number of rotatable bonds is 12. The van der Waals surface area contributed by atoms with Crippen LogP contribution in [0.3, 0.4) is 0 Å². The number of halogens is 1. The standard InChI is InChI=1S/C23H32BrNO7/c24-15-7-8-16-17(13-15)25-10-9-18(16)30-11-5-3-1-2-4-6-12-31-22-20(27)19(14-26)32-23(29)21(22)28/h7-10,13,19-23,26-29H,1-6,11-12,14H2/t19-,20-,21-,22+,23?/m1/s1. The lowest BCUT2D eigenvalue weighted by Crippen LogP contribution is -2.59. The number of hydrogen-bond acceptors (Lipinski definition) is 8. The summed E-state index contributed by atoms with van der Waals surface area (Å²) in [6.45, 7) is 0.563. The van der Waals surface area contributed by atoms with Crippen LogP contribution in [0, 0.1) is 0 Å². The van der Waals surface area contributed by atoms with Crippen molar-refractivity contribution < 1.29 is 34.6 Å². The summed E-state index contributed by atoms with van der Waals surface area (Å²) in [4.78, 5) is 4.37. The van der Waals surface area contributed by atoms with Crippen molar-refractivity contribution in [2.24, 2.45) is 0 Å². The minimum atomic E-state index is -1.48.